The molecule has 0 saturated heterocycles. The Balaban J connectivity index is 4.44. The molecule has 0 heterocycles. The highest BCUT2D eigenvalue weighted by Crippen LogP contribution is 2.14. The van der Waals surface area contributed by atoms with Gasteiger partial charge in [0, 0.05) is 19.3 Å². The van der Waals surface area contributed by atoms with Gasteiger partial charge in [-0.25, -0.2) is 0 Å². The van der Waals surface area contributed by atoms with Crippen LogP contribution in [-0.2, 0) is 28.6 Å². The van der Waals surface area contributed by atoms with Crippen LogP contribution in [0.5, 0.6) is 0 Å². The van der Waals surface area contributed by atoms with Gasteiger partial charge < -0.3 is 14.2 Å². The molecule has 0 saturated carbocycles. The van der Waals surface area contributed by atoms with Gasteiger partial charge in [-0.3, -0.25) is 14.4 Å². The van der Waals surface area contributed by atoms with Crippen LogP contribution in [0.1, 0.15) is 271 Å². The van der Waals surface area contributed by atoms with Gasteiger partial charge in [0.2, 0.25) is 0 Å². The van der Waals surface area contributed by atoms with E-state index in [0.717, 1.165) is 173 Å². The molecule has 0 rings (SSSR count). The van der Waals surface area contributed by atoms with Crippen LogP contribution in [0.15, 0.2) is 146 Å². The van der Waals surface area contributed by atoms with E-state index in [4.69, 9.17) is 14.2 Å². The van der Waals surface area contributed by atoms with Gasteiger partial charge in [-0.05, 0) is 141 Å². The van der Waals surface area contributed by atoms with Gasteiger partial charge in [-0.2, -0.15) is 0 Å². The van der Waals surface area contributed by atoms with E-state index < -0.39 is 6.10 Å². The van der Waals surface area contributed by atoms with Crippen LogP contribution in [0, 0.1) is 0 Å². The molecule has 0 aromatic carbocycles. The smallest absolute Gasteiger partial charge is 0.306 e. The van der Waals surface area contributed by atoms with Gasteiger partial charge in [0.15, 0.2) is 6.10 Å². The molecule has 6 heteroatoms. The summed E-state index contributed by atoms with van der Waals surface area (Å²) in [6.07, 6.45) is 92.7. The van der Waals surface area contributed by atoms with Crippen molar-refractivity contribution in [1.29, 1.82) is 0 Å². The number of hydrogen-bond donors (Lipinski definition) is 0. The van der Waals surface area contributed by atoms with E-state index in [0.29, 0.717) is 19.3 Å². The van der Waals surface area contributed by atoms with Crippen LogP contribution in [0.3, 0.4) is 0 Å². The van der Waals surface area contributed by atoms with Gasteiger partial charge in [-0.15, -0.1) is 0 Å². The summed E-state index contributed by atoms with van der Waals surface area (Å²) in [5.74, 6) is -0.942. The van der Waals surface area contributed by atoms with Gasteiger partial charge in [0.1, 0.15) is 13.2 Å². The Morgan fingerprint density at radius 1 is 0.269 bits per heavy atom. The number of allylic oxidation sites excluding steroid dienone is 24. The summed E-state index contributed by atoms with van der Waals surface area (Å²) in [4.78, 5) is 38.3. The van der Waals surface area contributed by atoms with E-state index in [1.54, 1.807) is 0 Å². The first-order valence-corrected chi connectivity index (χ1v) is 31.8. The minimum atomic E-state index is -0.805. The van der Waals surface area contributed by atoms with Crippen molar-refractivity contribution in [3.05, 3.63) is 146 Å². The Labute approximate surface area is 480 Å². The van der Waals surface area contributed by atoms with Crippen molar-refractivity contribution < 1.29 is 28.6 Å². The molecular formula is C72H116O6. The molecular weight excluding hydrogens is 961 g/mol. The summed E-state index contributed by atoms with van der Waals surface area (Å²) in [6, 6.07) is 0. The van der Waals surface area contributed by atoms with Crippen LogP contribution in [-0.4, -0.2) is 37.2 Å². The maximum atomic E-state index is 12.9. The number of unbranched alkanes of at least 4 members (excludes halogenated alkanes) is 21. The van der Waals surface area contributed by atoms with Crippen LogP contribution in [0.25, 0.3) is 0 Å². The average Bonchev–Trinajstić information content (AvgIpc) is 3.44. The fourth-order valence-corrected chi connectivity index (χ4v) is 8.35. The van der Waals surface area contributed by atoms with E-state index in [2.05, 4.69) is 167 Å². The third-order valence-corrected chi connectivity index (χ3v) is 13.1. The highest BCUT2D eigenvalue weighted by Gasteiger charge is 2.19. The molecule has 0 bridgehead atoms. The Hall–Kier alpha value is -4.71. The lowest BCUT2D eigenvalue weighted by Crippen LogP contribution is -2.30. The first-order valence-electron chi connectivity index (χ1n) is 31.8. The summed E-state index contributed by atoms with van der Waals surface area (Å²) >= 11 is 0. The first kappa shape index (κ1) is 73.3. The summed E-state index contributed by atoms with van der Waals surface area (Å²) in [7, 11) is 0. The van der Waals surface area contributed by atoms with Gasteiger partial charge in [-0.1, -0.05) is 256 Å². The van der Waals surface area contributed by atoms with Gasteiger partial charge in [0.05, 0.1) is 0 Å². The predicted molar refractivity (Wildman–Crippen MR) is 339 cm³/mol. The number of carbonyl (C=O) groups excluding carboxylic acids is 3. The molecule has 78 heavy (non-hydrogen) atoms. The molecule has 0 aromatic heterocycles. The minimum Gasteiger partial charge on any atom is -0.462 e. The molecule has 0 aliphatic rings. The van der Waals surface area contributed by atoms with Crippen molar-refractivity contribution in [3.8, 4) is 0 Å². The molecule has 0 aliphatic heterocycles. The number of rotatable bonds is 56. The highest BCUT2D eigenvalue weighted by molar-refractivity contribution is 5.71. The van der Waals surface area contributed by atoms with E-state index in [-0.39, 0.29) is 31.1 Å². The summed E-state index contributed by atoms with van der Waals surface area (Å²) in [5.41, 5.74) is 0. The zero-order chi connectivity index (χ0) is 56.4. The van der Waals surface area contributed by atoms with Crippen molar-refractivity contribution in [2.45, 2.75) is 277 Å². The second-order valence-corrected chi connectivity index (χ2v) is 20.5. The molecule has 0 aromatic rings. The fourth-order valence-electron chi connectivity index (χ4n) is 8.35. The number of hydrogen-bond acceptors (Lipinski definition) is 6. The zero-order valence-corrected chi connectivity index (χ0v) is 50.4. The third-order valence-electron chi connectivity index (χ3n) is 13.1. The second kappa shape index (κ2) is 64.8. The van der Waals surface area contributed by atoms with Crippen molar-refractivity contribution in [1.82, 2.24) is 0 Å². The van der Waals surface area contributed by atoms with Crippen molar-refractivity contribution >= 4 is 17.9 Å². The second-order valence-electron chi connectivity index (χ2n) is 20.5. The Morgan fingerprint density at radius 3 is 0.795 bits per heavy atom. The van der Waals surface area contributed by atoms with Crippen LogP contribution >= 0.6 is 0 Å². The first-order chi connectivity index (χ1) is 38.5. The molecule has 0 N–H and O–H groups in total. The quantitative estimate of drug-likeness (QED) is 0.0261. The molecule has 1 unspecified atom stereocenters. The monoisotopic (exact) mass is 1080 g/mol. The zero-order valence-electron chi connectivity index (χ0n) is 50.4. The van der Waals surface area contributed by atoms with Crippen molar-refractivity contribution in [3.63, 3.8) is 0 Å². The molecule has 6 nitrogen and oxygen atoms in total. The largest absolute Gasteiger partial charge is 0.462 e. The number of carbonyl (C=O) groups is 3. The lowest BCUT2D eigenvalue weighted by Gasteiger charge is -2.18. The van der Waals surface area contributed by atoms with Crippen LogP contribution in [0.4, 0.5) is 0 Å². The Kier molecular flexibility index (Phi) is 60.9. The maximum absolute atomic E-state index is 12.9. The number of ether oxygens (including phenoxy) is 3. The van der Waals surface area contributed by atoms with Gasteiger partial charge >= 0.3 is 17.9 Å². The molecule has 0 fully saturated rings. The molecule has 0 radical (unpaired) electrons. The van der Waals surface area contributed by atoms with Gasteiger partial charge in [0.25, 0.3) is 0 Å². The third kappa shape index (κ3) is 62.1. The maximum Gasteiger partial charge on any atom is 0.306 e. The lowest BCUT2D eigenvalue weighted by atomic mass is 10.1. The van der Waals surface area contributed by atoms with E-state index >= 15 is 0 Å². The molecule has 0 spiro atoms. The van der Waals surface area contributed by atoms with E-state index in [1.165, 1.54) is 57.8 Å². The van der Waals surface area contributed by atoms with Crippen molar-refractivity contribution in [2.24, 2.45) is 0 Å². The molecule has 0 aliphatic carbocycles. The lowest BCUT2D eigenvalue weighted by molar-refractivity contribution is -0.167. The highest BCUT2D eigenvalue weighted by atomic mass is 16.6. The van der Waals surface area contributed by atoms with Crippen molar-refractivity contribution in [2.75, 3.05) is 13.2 Å². The Bertz CT molecular complexity index is 1710. The molecule has 1 atom stereocenters. The number of esters is 3. The molecule has 0 amide bonds. The topological polar surface area (TPSA) is 78.9 Å². The van der Waals surface area contributed by atoms with E-state index in [1.807, 2.05) is 0 Å². The van der Waals surface area contributed by atoms with Crippen LogP contribution in [0.2, 0.25) is 0 Å². The standard InChI is InChI=1S/C72H116O6/c1-4-7-10-13-16-19-22-25-28-30-32-33-34-35-36-37-38-39-41-42-44-47-50-53-56-59-62-65-71(74)77-68-69(67-76-70(73)64-61-58-55-52-49-46-27-24-21-18-15-12-9-6-3)78-72(75)66-63-60-57-54-51-48-45-43-40-31-29-26-23-20-17-14-11-8-5-2/h7-8,10-11,16-17,19-20,24-29,32-33,35-36,38-40,42-44,69H,4-6,9,12-15,18,21-23,30-31,34,37,41,45-68H2,1-3H3/b10-7-,11-8-,19-16-,20-17-,27-24-,28-25-,29-26-,33-32-,36-35-,39-38-,43-40-,44-42-. The molecule has 440 valence electrons. The summed E-state index contributed by atoms with van der Waals surface area (Å²) < 4.78 is 16.9. The summed E-state index contributed by atoms with van der Waals surface area (Å²) in [6.45, 7) is 6.37. The minimum absolute atomic E-state index is 0.0993. The summed E-state index contributed by atoms with van der Waals surface area (Å²) in [5, 5.41) is 0. The van der Waals surface area contributed by atoms with Crippen LogP contribution < -0.4 is 0 Å². The predicted octanol–water partition coefficient (Wildman–Crippen LogP) is 21.9. The fraction of sp³-hybridized carbons (Fsp3) is 0.625. The average molecular weight is 1080 g/mol. The Morgan fingerprint density at radius 2 is 0.500 bits per heavy atom. The normalized spacial score (nSPS) is 13.1. The SMILES string of the molecule is CC/C=C\C/C=C\C/C=C\C/C=C\C/C=C\C/C=C\C/C=C\CCCCCCCC(=O)OCC(COC(=O)CCCCCCC/C=C\CCCCCCC)OC(=O)CCCCCCCC/C=C\C/C=C\C/C=C\C/C=C\CC. The van der Waals surface area contributed by atoms with E-state index in [9.17, 15) is 14.4 Å².